The predicted octanol–water partition coefficient (Wildman–Crippen LogP) is -0.152. The number of aliphatic hydroxyl groups excluding tert-OH is 2. The molecule has 2 aromatic heterocycles. The number of carbonyl (C=O) groups excluding carboxylic acids is 1. The molecule has 0 saturated carbocycles. The normalized spacial score (nSPS) is 24.2. The third kappa shape index (κ3) is 3.52. The molecule has 168 valence electrons. The topological polar surface area (TPSA) is 184 Å². The Labute approximate surface area is 182 Å². The van der Waals surface area contributed by atoms with Crippen molar-refractivity contribution in [1.82, 2.24) is 14.5 Å². The number of fused-ring (bicyclic) bond motifs is 1. The first-order valence-electron chi connectivity index (χ1n) is 10.1. The number of rotatable bonds is 3. The Hall–Kier alpha value is -3.33. The number of aromatic nitrogens is 3. The van der Waals surface area contributed by atoms with Crippen molar-refractivity contribution in [2.24, 2.45) is 5.41 Å². The van der Waals surface area contributed by atoms with Crippen LogP contribution in [-0.2, 0) is 11.2 Å². The van der Waals surface area contributed by atoms with Crippen LogP contribution in [0.15, 0.2) is 15.8 Å². The van der Waals surface area contributed by atoms with Crippen LogP contribution in [0.4, 0.5) is 5.82 Å². The number of H-pyrrole nitrogens is 1. The van der Waals surface area contributed by atoms with Crippen LogP contribution < -0.4 is 17.0 Å². The van der Waals surface area contributed by atoms with E-state index in [9.17, 15) is 29.9 Å². The fourth-order valence-corrected chi connectivity index (χ4v) is 4.43. The standard InChI is InChI=1S/C21H23N5O6/c1-21(2)4-11-17(13(29)5-21)16(9(6-22)18(23)24-11)10-7-26(20(31)25-19(10)30)15-3-12(28)14(8-27)32-15/h7,12,14-15,27-28H,3-5,8H2,1-2H3,(H2,23,24)(H,25,30,31)/t12?,14-,15-/m1/s1. The Balaban J connectivity index is 1.96. The number of hydrogen-bond donors (Lipinski definition) is 4. The van der Waals surface area contributed by atoms with E-state index in [1.54, 1.807) is 0 Å². The molecule has 1 saturated heterocycles. The summed E-state index contributed by atoms with van der Waals surface area (Å²) in [6.07, 6.45) is -1.03. The highest BCUT2D eigenvalue weighted by atomic mass is 16.5. The van der Waals surface area contributed by atoms with Gasteiger partial charge < -0.3 is 20.7 Å². The van der Waals surface area contributed by atoms with Crippen molar-refractivity contribution in [2.45, 2.75) is 51.5 Å². The first kappa shape index (κ1) is 21.9. The van der Waals surface area contributed by atoms with Crippen molar-refractivity contribution in [3.8, 4) is 17.2 Å². The maximum absolute atomic E-state index is 13.1. The number of nitrogens with zero attached hydrogens (tertiary/aromatic N) is 3. The Morgan fingerprint density at radius 1 is 1.34 bits per heavy atom. The zero-order valence-corrected chi connectivity index (χ0v) is 17.6. The summed E-state index contributed by atoms with van der Waals surface area (Å²) in [5.41, 5.74) is 4.38. The van der Waals surface area contributed by atoms with Crippen LogP contribution in [0.25, 0.3) is 11.1 Å². The second-order valence-electron chi connectivity index (χ2n) is 8.95. The van der Waals surface area contributed by atoms with Crippen LogP contribution in [0.3, 0.4) is 0 Å². The maximum atomic E-state index is 13.1. The minimum Gasteiger partial charge on any atom is -0.394 e. The molecule has 5 N–H and O–H groups in total. The van der Waals surface area contributed by atoms with Gasteiger partial charge in [-0.1, -0.05) is 13.8 Å². The number of carbonyl (C=O) groups is 1. The molecule has 3 heterocycles. The number of nitriles is 1. The van der Waals surface area contributed by atoms with Gasteiger partial charge in [-0.05, 0) is 11.8 Å². The van der Waals surface area contributed by atoms with E-state index < -0.39 is 36.3 Å². The average Bonchev–Trinajstić information content (AvgIpc) is 3.06. The van der Waals surface area contributed by atoms with Crippen LogP contribution in [0.2, 0.25) is 0 Å². The zero-order valence-electron chi connectivity index (χ0n) is 17.6. The Morgan fingerprint density at radius 3 is 2.69 bits per heavy atom. The molecule has 0 spiro atoms. The molecule has 0 bridgehead atoms. The van der Waals surface area contributed by atoms with E-state index in [0.29, 0.717) is 12.1 Å². The molecule has 3 atom stereocenters. The molecule has 1 fully saturated rings. The molecule has 1 unspecified atom stereocenters. The van der Waals surface area contributed by atoms with Gasteiger partial charge in [-0.25, -0.2) is 9.78 Å². The highest BCUT2D eigenvalue weighted by Crippen LogP contribution is 2.40. The summed E-state index contributed by atoms with van der Waals surface area (Å²) in [5.74, 6) is -0.392. The number of pyridine rings is 1. The summed E-state index contributed by atoms with van der Waals surface area (Å²) in [4.78, 5) is 44.8. The van der Waals surface area contributed by atoms with E-state index in [2.05, 4.69) is 9.97 Å². The first-order chi connectivity index (χ1) is 15.1. The molecular weight excluding hydrogens is 418 g/mol. The number of hydrogen-bond acceptors (Lipinski definition) is 9. The van der Waals surface area contributed by atoms with Gasteiger partial charge in [-0.3, -0.25) is 19.1 Å². The lowest BCUT2D eigenvalue weighted by atomic mass is 9.73. The summed E-state index contributed by atoms with van der Waals surface area (Å²) < 4.78 is 6.60. The van der Waals surface area contributed by atoms with Crippen molar-refractivity contribution < 1.29 is 19.7 Å². The first-order valence-corrected chi connectivity index (χ1v) is 10.1. The summed E-state index contributed by atoms with van der Waals surface area (Å²) in [5, 5.41) is 29.1. The van der Waals surface area contributed by atoms with E-state index in [0.717, 1.165) is 4.57 Å². The molecule has 4 rings (SSSR count). The fourth-order valence-electron chi connectivity index (χ4n) is 4.43. The van der Waals surface area contributed by atoms with E-state index in [-0.39, 0.29) is 52.1 Å². The number of anilines is 1. The number of ether oxygens (including phenoxy) is 1. The number of aromatic amines is 1. The highest BCUT2D eigenvalue weighted by molar-refractivity contribution is 6.06. The minimum absolute atomic E-state index is 0.00539. The molecule has 1 aliphatic heterocycles. The van der Waals surface area contributed by atoms with Crippen LogP contribution in [0.1, 0.15) is 54.5 Å². The van der Waals surface area contributed by atoms with Crippen molar-refractivity contribution >= 4 is 11.6 Å². The Kier molecular flexibility index (Phi) is 5.24. The van der Waals surface area contributed by atoms with Crippen molar-refractivity contribution in [2.75, 3.05) is 12.3 Å². The molecule has 0 aromatic carbocycles. The minimum atomic E-state index is -1.00. The Bertz CT molecular complexity index is 1270. The Morgan fingerprint density at radius 2 is 2.06 bits per heavy atom. The van der Waals surface area contributed by atoms with Gasteiger partial charge in [-0.2, -0.15) is 5.26 Å². The molecule has 11 nitrogen and oxygen atoms in total. The monoisotopic (exact) mass is 441 g/mol. The smallest absolute Gasteiger partial charge is 0.330 e. The van der Waals surface area contributed by atoms with Gasteiger partial charge >= 0.3 is 5.69 Å². The van der Waals surface area contributed by atoms with E-state index in [1.165, 1.54) is 6.20 Å². The highest BCUT2D eigenvalue weighted by Gasteiger charge is 2.38. The molecule has 2 aromatic rings. The molecule has 1 aliphatic carbocycles. The van der Waals surface area contributed by atoms with Crippen molar-refractivity contribution in [1.29, 1.82) is 5.26 Å². The number of nitrogens with two attached hydrogens (primary N) is 1. The van der Waals surface area contributed by atoms with Gasteiger partial charge in [0.05, 0.1) is 24.0 Å². The molecule has 0 amide bonds. The van der Waals surface area contributed by atoms with Crippen LogP contribution in [0, 0.1) is 16.7 Å². The van der Waals surface area contributed by atoms with Gasteiger partial charge in [0, 0.05) is 30.2 Å². The molecule has 2 aliphatic rings. The lowest BCUT2D eigenvalue weighted by molar-refractivity contribution is -0.0458. The predicted molar refractivity (Wildman–Crippen MR) is 112 cm³/mol. The second kappa shape index (κ2) is 7.67. The fraction of sp³-hybridized carbons (Fsp3) is 0.476. The number of ketones is 1. The van der Waals surface area contributed by atoms with Gasteiger partial charge in [0.15, 0.2) is 5.78 Å². The molecule has 32 heavy (non-hydrogen) atoms. The molecule has 11 heteroatoms. The lowest BCUT2D eigenvalue weighted by Crippen LogP contribution is -2.34. The van der Waals surface area contributed by atoms with Gasteiger partial charge in [0.25, 0.3) is 5.56 Å². The van der Waals surface area contributed by atoms with Crippen molar-refractivity contribution in [3.05, 3.63) is 43.9 Å². The quantitative estimate of drug-likeness (QED) is 0.503. The zero-order chi connectivity index (χ0) is 23.4. The third-order valence-corrected chi connectivity index (χ3v) is 5.91. The molecular formula is C21H23N5O6. The van der Waals surface area contributed by atoms with Gasteiger partial charge in [-0.15, -0.1) is 0 Å². The van der Waals surface area contributed by atoms with E-state index >= 15 is 0 Å². The van der Waals surface area contributed by atoms with Crippen molar-refractivity contribution in [3.63, 3.8) is 0 Å². The van der Waals surface area contributed by atoms with Crippen LogP contribution in [-0.4, -0.2) is 49.3 Å². The summed E-state index contributed by atoms with van der Waals surface area (Å²) in [7, 11) is 0. The summed E-state index contributed by atoms with van der Waals surface area (Å²) >= 11 is 0. The van der Waals surface area contributed by atoms with Gasteiger partial charge in [0.2, 0.25) is 0 Å². The van der Waals surface area contributed by atoms with E-state index in [1.807, 2.05) is 19.9 Å². The lowest BCUT2D eigenvalue weighted by Gasteiger charge is -2.31. The number of Topliss-reactive ketones (excluding diaryl/α,β-unsaturated/α-hetero) is 1. The van der Waals surface area contributed by atoms with Gasteiger partial charge in [0.1, 0.15) is 29.8 Å². The second-order valence-corrected chi connectivity index (χ2v) is 8.95. The van der Waals surface area contributed by atoms with Crippen LogP contribution in [0.5, 0.6) is 0 Å². The summed E-state index contributed by atoms with van der Waals surface area (Å²) in [6.45, 7) is 3.38. The van der Waals surface area contributed by atoms with Crippen LogP contribution >= 0.6 is 0 Å². The molecule has 0 radical (unpaired) electrons. The third-order valence-electron chi connectivity index (χ3n) is 5.91. The van der Waals surface area contributed by atoms with E-state index in [4.69, 9.17) is 10.5 Å². The SMILES string of the molecule is CC1(C)CC(=O)c2c(nc(N)c(C#N)c2-c2cn([C@H]3CC(O)[C@@H](CO)O3)c(=O)[nH]c2=O)C1. The largest absolute Gasteiger partial charge is 0.394 e. The maximum Gasteiger partial charge on any atom is 0.330 e. The summed E-state index contributed by atoms with van der Waals surface area (Å²) in [6, 6.07) is 1.92. The number of nitrogens with one attached hydrogen (secondary N) is 1. The average molecular weight is 441 g/mol. The number of nitrogen functional groups attached to an aromatic ring is 1. The number of aliphatic hydroxyl groups is 2.